The van der Waals surface area contributed by atoms with Crippen LogP contribution in [0.15, 0.2) is 54.6 Å². The molecule has 4 heterocycles. The van der Waals surface area contributed by atoms with Crippen LogP contribution in [0.2, 0.25) is 0 Å². The fourth-order valence-corrected chi connectivity index (χ4v) is 6.62. The molecule has 2 fully saturated rings. The number of esters is 1. The van der Waals surface area contributed by atoms with Gasteiger partial charge in [0, 0.05) is 26.1 Å². The molecule has 0 saturated carbocycles. The zero-order valence-corrected chi connectivity index (χ0v) is 23.6. The third-order valence-corrected chi connectivity index (χ3v) is 8.56. The van der Waals surface area contributed by atoms with Gasteiger partial charge < -0.3 is 29.7 Å². The molecular weight excluding hydrogens is 526 g/mol. The van der Waals surface area contributed by atoms with Crippen LogP contribution < -0.4 is 5.32 Å². The van der Waals surface area contributed by atoms with Crippen LogP contribution >= 0.6 is 0 Å². The number of carbonyl (C=O) groups excluding carboxylic acids is 4. The number of cyclic esters (lactones) is 1. The van der Waals surface area contributed by atoms with Crippen molar-refractivity contribution in [2.75, 3.05) is 26.2 Å². The number of unbranched alkanes of at least 4 members (excludes halogenated alkanes) is 1. The Morgan fingerprint density at radius 1 is 1.07 bits per heavy atom. The molecule has 1 spiro atoms. The second-order valence-corrected chi connectivity index (χ2v) is 11.2. The van der Waals surface area contributed by atoms with Crippen LogP contribution in [0.4, 0.5) is 0 Å². The van der Waals surface area contributed by atoms with E-state index >= 15 is 0 Å². The van der Waals surface area contributed by atoms with Crippen molar-refractivity contribution in [1.82, 2.24) is 15.1 Å². The molecule has 5 bridgehead atoms. The summed E-state index contributed by atoms with van der Waals surface area (Å²) in [5.41, 5.74) is -0.623. The number of benzene rings is 1. The predicted octanol–water partition coefficient (Wildman–Crippen LogP) is 1.90. The topological polar surface area (TPSA) is 125 Å². The lowest BCUT2D eigenvalue weighted by molar-refractivity contribution is -0.161. The fraction of sp³-hybridized carbons (Fsp3) is 0.548. The van der Waals surface area contributed by atoms with Crippen molar-refractivity contribution < 1.29 is 33.8 Å². The molecule has 0 aromatic heterocycles. The number of rotatable bonds is 6. The number of aliphatic hydroxyl groups is 1. The first-order valence-corrected chi connectivity index (χ1v) is 14.6. The number of ether oxygens (including phenoxy) is 2. The number of amides is 3. The molecule has 4 aliphatic heterocycles. The zero-order chi connectivity index (χ0) is 29.1. The minimum Gasteiger partial charge on any atom is -0.455 e. The summed E-state index contributed by atoms with van der Waals surface area (Å²) in [6, 6.07) is 7.61. The van der Waals surface area contributed by atoms with Crippen LogP contribution in [0, 0.1) is 11.8 Å². The number of allylic oxidation sites excluding steroid dienone is 1. The average molecular weight is 566 g/mol. The van der Waals surface area contributed by atoms with Crippen LogP contribution in [0.25, 0.3) is 0 Å². The molecule has 2 N–H and O–H groups in total. The van der Waals surface area contributed by atoms with Gasteiger partial charge in [-0.2, -0.15) is 0 Å². The highest BCUT2D eigenvalue weighted by atomic mass is 16.6. The van der Waals surface area contributed by atoms with E-state index in [-0.39, 0.29) is 31.4 Å². The molecule has 10 nitrogen and oxygen atoms in total. The second-order valence-electron chi connectivity index (χ2n) is 11.2. The summed E-state index contributed by atoms with van der Waals surface area (Å²) in [5, 5.41) is 12.8. The largest absolute Gasteiger partial charge is 0.455 e. The van der Waals surface area contributed by atoms with Gasteiger partial charge in [-0.05, 0) is 25.3 Å². The molecule has 41 heavy (non-hydrogen) atoms. The van der Waals surface area contributed by atoms with Crippen LogP contribution in [-0.2, 0) is 28.7 Å². The van der Waals surface area contributed by atoms with Crippen LogP contribution in [0.1, 0.15) is 51.2 Å². The molecule has 0 unspecified atom stereocenters. The number of nitrogens with one attached hydrogen (secondary N) is 1. The van der Waals surface area contributed by atoms with E-state index in [9.17, 15) is 24.3 Å². The molecule has 3 amide bonds. The van der Waals surface area contributed by atoms with Crippen LogP contribution in [-0.4, -0.2) is 88.6 Å². The first-order chi connectivity index (χ1) is 19.8. The van der Waals surface area contributed by atoms with Gasteiger partial charge >= 0.3 is 5.97 Å². The summed E-state index contributed by atoms with van der Waals surface area (Å²) in [5.74, 6) is -3.44. The molecule has 7 atom stereocenters. The highest BCUT2D eigenvalue weighted by Crippen LogP contribution is 2.55. The summed E-state index contributed by atoms with van der Waals surface area (Å²) in [7, 11) is 0. The Labute approximate surface area is 240 Å². The van der Waals surface area contributed by atoms with Crippen molar-refractivity contribution in [2.45, 2.75) is 69.4 Å². The Hall–Kier alpha value is -3.50. The van der Waals surface area contributed by atoms with Gasteiger partial charge in [-0.25, -0.2) is 0 Å². The van der Waals surface area contributed by atoms with E-state index in [2.05, 4.69) is 5.32 Å². The summed E-state index contributed by atoms with van der Waals surface area (Å²) in [6.07, 6.45) is 8.08. The van der Waals surface area contributed by atoms with Crippen molar-refractivity contribution >= 4 is 23.7 Å². The quantitative estimate of drug-likeness (QED) is 0.399. The molecule has 0 radical (unpaired) electrons. The minimum absolute atomic E-state index is 0.0513. The Morgan fingerprint density at radius 2 is 1.85 bits per heavy atom. The zero-order valence-electron chi connectivity index (χ0n) is 23.6. The van der Waals surface area contributed by atoms with Gasteiger partial charge in [0.25, 0.3) is 0 Å². The maximum atomic E-state index is 14.2. The monoisotopic (exact) mass is 565 g/mol. The molecule has 1 aromatic rings. The fourth-order valence-electron chi connectivity index (χ4n) is 6.62. The van der Waals surface area contributed by atoms with E-state index in [1.165, 1.54) is 4.90 Å². The summed E-state index contributed by atoms with van der Waals surface area (Å²) >= 11 is 0. The maximum absolute atomic E-state index is 14.2. The Balaban J connectivity index is 1.56. The number of hydrogen-bond acceptors (Lipinski definition) is 7. The number of likely N-dealkylation sites (tertiary alicyclic amines) is 1. The van der Waals surface area contributed by atoms with E-state index in [4.69, 9.17) is 9.47 Å². The number of aliphatic hydroxyl groups excluding tert-OH is 1. The van der Waals surface area contributed by atoms with Gasteiger partial charge in [0.2, 0.25) is 17.7 Å². The standard InChI is InChI=1S/C31H39N3O7/c1-3-4-16-33-17-10-6-9-13-23(36)32-20(2)26(21-11-7-5-8-12-21)40-30(39)24-22-14-15-31(41-22)25(24)28(37)34(18-19-35)27(31)29(33)38/h5-8,10-12,14-15,20,22,24-27,35H,3-4,9,13,16-19H2,1-2H3,(H,32,36)/b10-6-/t20-,22+,24-,25-,26+,27+,31-/m0/s1. The smallest absolute Gasteiger partial charge is 0.313 e. The van der Waals surface area contributed by atoms with Crippen molar-refractivity contribution in [2.24, 2.45) is 11.8 Å². The highest BCUT2D eigenvalue weighted by Gasteiger charge is 2.73. The predicted molar refractivity (Wildman–Crippen MR) is 149 cm³/mol. The molecular formula is C31H39N3O7. The Bertz CT molecular complexity index is 1220. The number of carbonyl (C=O) groups is 4. The number of nitrogens with zero attached hydrogens (tertiary/aromatic N) is 2. The summed E-state index contributed by atoms with van der Waals surface area (Å²) < 4.78 is 12.5. The normalized spacial score (nSPS) is 34.5. The third kappa shape index (κ3) is 5.30. The minimum atomic E-state index is -1.33. The number of β-amino-alcohol motifs (C(OH)–C–C–N with tert-alkyl or cyclic N) is 1. The maximum Gasteiger partial charge on any atom is 0.313 e. The SMILES string of the molecule is CCCCN1C/C=C\CCC(=O)N[C@@H](C)[C@H](c2ccccc2)OC(=O)[C@@H]2[C@H]3C(=O)N(CCO)[C@H](C1=O)[C@]31C=C[C@H]2O1. The lowest BCUT2D eigenvalue weighted by Gasteiger charge is -2.35. The van der Waals surface area contributed by atoms with Crippen molar-refractivity contribution in [3.8, 4) is 0 Å². The van der Waals surface area contributed by atoms with Gasteiger partial charge in [0.1, 0.15) is 23.7 Å². The summed E-state index contributed by atoms with van der Waals surface area (Å²) in [6.45, 7) is 4.23. The van der Waals surface area contributed by atoms with Crippen LogP contribution in [0.5, 0.6) is 0 Å². The Kier molecular flexibility index (Phi) is 8.60. The van der Waals surface area contributed by atoms with Gasteiger partial charge in [0.05, 0.1) is 24.7 Å². The van der Waals surface area contributed by atoms with Crippen molar-refractivity contribution in [3.05, 3.63) is 60.2 Å². The molecule has 5 rings (SSSR count). The van der Waals surface area contributed by atoms with E-state index < -0.39 is 53.6 Å². The number of hydrogen-bond donors (Lipinski definition) is 2. The Morgan fingerprint density at radius 3 is 2.59 bits per heavy atom. The van der Waals surface area contributed by atoms with Gasteiger partial charge in [-0.1, -0.05) is 68.0 Å². The van der Waals surface area contributed by atoms with Crippen LogP contribution in [0.3, 0.4) is 0 Å². The molecule has 1 aromatic carbocycles. The molecule has 10 heteroatoms. The second kappa shape index (κ2) is 12.2. The molecule has 2 saturated heterocycles. The first-order valence-electron chi connectivity index (χ1n) is 14.6. The van der Waals surface area contributed by atoms with E-state index in [1.807, 2.05) is 49.4 Å². The van der Waals surface area contributed by atoms with Gasteiger partial charge in [-0.15, -0.1) is 0 Å². The third-order valence-electron chi connectivity index (χ3n) is 8.56. The van der Waals surface area contributed by atoms with Crippen molar-refractivity contribution in [1.29, 1.82) is 0 Å². The lowest BCUT2D eigenvalue weighted by atomic mass is 9.74. The first kappa shape index (κ1) is 29.0. The van der Waals surface area contributed by atoms with Gasteiger partial charge in [-0.3, -0.25) is 19.2 Å². The highest BCUT2D eigenvalue weighted by molar-refractivity contribution is 5.99. The van der Waals surface area contributed by atoms with E-state index in [0.29, 0.717) is 25.1 Å². The lowest BCUT2D eigenvalue weighted by Crippen LogP contribution is -2.56. The van der Waals surface area contributed by atoms with Crippen molar-refractivity contribution in [3.63, 3.8) is 0 Å². The molecule has 220 valence electrons. The molecule has 0 aliphatic carbocycles. The van der Waals surface area contributed by atoms with E-state index in [1.54, 1.807) is 24.0 Å². The summed E-state index contributed by atoms with van der Waals surface area (Å²) in [4.78, 5) is 57.9. The molecule has 4 aliphatic rings. The van der Waals surface area contributed by atoms with E-state index in [0.717, 1.165) is 12.8 Å². The average Bonchev–Trinajstić information content (AvgIpc) is 3.60. The number of fused-ring (bicyclic) bond motifs is 2. The van der Waals surface area contributed by atoms with Gasteiger partial charge in [0.15, 0.2) is 0 Å².